The fourth-order valence-corrected chi connectivity index (χ4v) is 4.28. The van der Waals surface area contributed by atoms with Crippen LogP contribution < -0.4 is 10.6 Å². The normalized spacial score (nSPS) is 20.9. The van der Waals surface area contributed by atoms with Gasteiger partial charge < -0.3 is 10.6 Å². The first kappa shape index (κ1) is 14.8. The van der Waals surface area contributed by atoms with Crippen LogP contribution in [0.2, 0.25) is 0 Å². The third kappa shape index (κ3) is 3.70. The van der Waals surface area contributed by atoms with Crippen molar-refractivity contribution in [2.45, 2.75) is 19.4 Å². The lowest BCUT2D eigenvalue weighted by Crippen LogP contribution is -2.26. The van der Waals surface area contributed by atoms with Gasteiger partial charge >= 0.3 is 0 Å². The van der Waals surface area contributed by atoms with Crippen molar-refractivity contribution in [2.75, 3.05) is 29.5 Å². The highest BCUT2D eigenvalue weighted by Crippen LogP contribution is 2.28. The maximum absolute atomic E-state index is 11.6. The van der Waals surface area contributed by atoms with E-state index in [0.717, 1.165) is 22.3 Å². The van der Waals surface area contributed by atoms with E-state index in [9.17, 15) is 8.42 Å². The Morgan fingerprint density at radius 2 is 2.05 bits per heavy atom. The summed E-state index contributed by atoms with van der Waals surface area (Å²) < 4.78 is 24.2. The molecule has 6 heteroatoms. The van der Waals surface area contributed by atoms with Gasteiger partial charge in [0.05, 0.1) is 11.5 Å². The first-order valence-corrected chi connectivity index (χ1v) is 9.01. The van der Waals surface area contributed by atoms with Gasteiger partial charge in [0.1, 0.15) is 0 Å². The fourth-order valence-electron chi connectivity index (χ4n) is 2.28. The third-order valence-corrected chi connectivity index (χ3v) is 5.80. The van der Waals surface area contributed by atoms with E-state index in [-0.39, 0.29) is 11.8 Å². The average molecular weight is 347 g/mol. The van der Waals surface area contributed by atoms with E-state index < -0.39 is 9.84 Å². The highest BCUT2D eigenvalue weighted by molar-refractivity contribution is 9.10. The van der Waals surface area contributed by atoms with Crippen molar-refractivity contribution < 1.29 is 8.42 Å². The van der Waals surface area contributed by atoms with Gasteiger partial charge in [0.2, 0.25) is 0 Å². The number of rotatable bonds is 2. The van der Waals surface area contributed by atoms with E-state index in [1.807, 2.05) is 25.1 Å². The smallest absolute Gasteiger partial charge is 0.152 e. The van der Waals surface area contributed by atoms with Crippen molar-refractivity contribution in [1.82, 2.24) is 0 Å². The van der Waals surface area contributed by atoms with Crippen molar-refractivity contribution in [3.8, 4) is 0 Å². The molecule has 2 rings (SSSR count). The fraction of sp³-hybridized carbons (Fsp3) is 0.538. The number of nitrogens with zero attached hydrogens (tertiary/aromatic N) is 1. The minimum atomic E-state index is -2.87. The third-order valence-electron chi connectivity index (χ3n) is 3.40. The summed E-state index contributed by atoms with van der Waals surface area (Å²) in [5.74, 6) is 0.530. The van der Waals surface area contributed by atoms with Gasteiger partial charge in [-0.1, -0.05) is 22.0 Å². The van der Waals surface area contributed by atoms with Crippen molar-refractivity contribution >= 4 is 31.5 Å². The molecule has 106 valence electrons. The molecule has 1 aliphatic rings. The standard InChI is InChI=1S/C13H19BrN2O2S/c1-10(15)12-4-3-11(9-13(12)14)16-5-2-7-19(17,18)8-6-16/h3-4,9-10H,2,5-8,15H2,1H3/t10-/m1/s1. The van der Waals surface area contributed by atoms with Crippen LogP contribution in [0.15, 0.2) is 22.7 Å². The predicted molar refractivity (Wildman–Crippen MR) is 82.2 cm³/mol. The van der Waals surface area contributed by atoms with Crippen LogP contribution in [0.4, 0.5) is 5.69 Å². The minimum absolute atomic E-state index is 0.0204. The molecular formula is C13H19BrN2O2S. The molecule has 1 atom stereocenters. The summed E-state index contributed by atoms with van der Waals surface area (Å²) in [6.07, 6.45) is 0.689. The van der Waals surface area contributed by atoms with Crippen LogP contribution in [0.1, 0.15) is 24.9 Å². The number of nitrogens with two attached hydrogens (primary N) is 1. The second-order valence-electron chi connectivity index (χ2n) is 4.99. The number of hydrogen-bond donors (Lipinski definition) is 1. The Labute approximate surface area is 123 Å². The molecule has 0 aromatic heterocycles. The summed E-state index contributed by atoms with van der Waals surface area (Å²) in [5.41, 5.74) is 7.99. The maximum atomic E-state index is 11.6. The molecule has 1 saturated heterocycles. The molecule has 1 fully saturated rings. The van der Waals surface area contributed by atoms with Gasteiger partial charge in [0, 0.05) is 29.3 Å². The van der Waals surface area contributed by atoms with Crippen molar-refractivity contribution in [3.63, 3.8) is 0 Å². The molecule has 2 N–H and O–H groups in total. The summed E-state index contributed by atoms with van der Waals surface area (Å²) in [4.78, 5) is 2.13. The van der Waals surface area contributed by atoms with Gasteiger partial charge in [-0.25, -0.2) is 8.42 Å². The lowest BCUT2D eigenvalue weighted by molar-refractivity contribution is 0.597. The lowest BCUT2D eigenvalue weighted by atomic mass is 10.1. The molecule has 0 saturated carbocycles. The number of halogens is 1. The summed E-state index contributed by atoms with van der Waals surface area (Å²) in [6.45, 7) is 3.29. The molecule has 0 amide bonds. The molecular weight excluding hydrogens is 328 g/mol. The second-order valence-corrected chi connectivity index (χ2v) is 8.14. The molecule has 0 spiro atoms. The molecule has 4 nitrogen and oxygen atoms in total. The topological polar surface area (TPSA) is 63.4 Å². The summed E-state index contributed by atoms with van der Waals surface area (Å²) in [5, 5.41) is 0. The highest BCUT2D eigenvalue weighted by Gasteiger charge is 2.19. The summed E-state index contributed by atoms with van der Waals surface area (Å²) in [7, 11) is -2.87. The van der Waals surface area contributed by atoms with Gasteiger partial charge in [-0.2, -0.15) is 0 Å². The highest BCUT2D eigenvalue weighted by atomic mass is 79.9. The molecule has 19 heavy (non-hydrogen) atoms. The van der Waals surface area contributed by atoms with E-state index in [2.05, 4.69) is 20.8 Å². The Bertz CT molecular complexity index is 558. The molecule has 1 heterocycles. The van der Waals surface area contributed by atoms with E-state index in [4.69, 9.17) is 5.73 Å². The number of sulfone groups is 1. The zero-order valence-corrected chi connectivity index (χ0v) is 13.4. The van der Waals surface area contributed by atoms with Crippen LogP contribution in [0.5, 0.6) is 0 Å². The Balaban J connectivity index is 2.20. The van der Waals surface area contributed by atoms with Crippen molar-refractivity contribution in [1.29, 1.82) is 0 Å². The Hall–Kier alpha value is -0.590. The van der Waals surface area contributed by atoms with Gasteiger partial charge in [0.15, 0.2) is 9.84 Å². The van der Waals surface area contributed by atoms with E-state index in [1.54, 1.807) is 0 Å². The van der Waals surface area contributed by atoms with Crippen molar-refractivity contribution in [2.24, 2.45) is 5.73 Å². The molecule has 0 bridgehead atoms. The van der Waals surface area contributed by atoms with Gasteiger partial charge in [-0.3, -0.25) is 0 Å². The van der Waals surface area contributed by atoms with Gasteiger partial charge in [-0.15, -0.1) is 0 Å². The molecule has 1 aliphatic heterocycles. The minimum Gasteiger partial charge on any atom is -0.370 e. The van der Waals surface area contributed by atoms with E-state index in [0.29, 0.717) is 18.7 Å². The van der Waals surface area contributed by atoms with Crippen molar-refractivity contribution in [3.05, 3.63) is 28.2 Å². The monoisotopic (exact) mass is 346 g/mol. The van der Waals surface area contributed by atoms with Gasteiger partial charge in [-0.05, 0) is 31.0 Å². The van der Waals surface area contributed by atoms with E-state index in [1.165, 1.54) is 0 Å². The quantitative estimate of drug-likeness (QED) is 0.890. The first-order chi connectivity index (χ1) is 8.89. The Morgan fingerprint density at radius 1 is 1.32 bits per heavy atom. The predicted octanol–water partition coefficient (Wildman–Crippen LogP) is 2.09. The lowest BCUT2D eigenvalue weighted by Gasteiger charge is -2.23. The zero-order valence-electron chi connectivity index (χ0n) is 11.0. The first-order valence-electron chi connectivity index (χ1n) is 6.39. The van der Waals surface area contributed by atoms with Crippen LogP contribution in [-0.4, -0.2) is 33.0 Å². The van der Waals surface area contributed by atoms with Crippen LogP contribution in [0.25, 0.3) is 0 Å². The largest absolute Gasteiger partial charge is 0.370 e. The maximum Gasteiger partial charge on any atom is 0.152 e. The SMILES string of the molecule is C[C@@H](N)c1ccc(N2CCCS(=O)(=O)CC2)cc1Br. The number of benzene rings is 1. The number of anilines is 1. The Morgan fingerprint density at radius 3 is 2.68 bits per heavy atom. The molecule has 0 aliphatic carbocycles. The summed E-state index contributed by atoms with van der Waals surface area (Å²) in [6, 6.07) is 6.02. The van der Waals surface area contributed by atoms with Gasteiger partial charge in [0.25, 0.3) is 0 Å². The average Bonchev–Trinajstić information content (AvgIpc) is 2.49. The molecule has 0 unspecified atom stereocenters. The molecule has 1 aromatic carbocycles. The summed E-state index contributed by atoms with van der Waals surface area (Å²) >= 11 is 3.53. The second kappa shape index (κ2) is 5.81. The zero-order chi connectivity index (χ0) is 14.0. The van der Waals surface area contributed by atoms with Crippen LogP contribution in [-0.2, 0) is 9.84 Å². The van der Waals surface area contributed by atoms with E-state index >= 15 is 0 Å². The molecule has 1 aromatic rings. The molecule has 0 radical (unpaired) electrons. The number of hydrogen-bond acceptors (Lipinski definition) is 4. The Kier molecular flexibility index (Phi) is 4.53. The van der Waals surface area contributed by atoms with Crippen LogP contribution in [0.3, 0.4) is 0 Å². The van der Waals surface area contributed by atoms with Crippen LogP contribution in [0, 0.1) is 0 Å². The van der Waals surface area contributed by atoms with Crippen LogP contribution >= 0.6 is 15.9 Å².